The summed E-state index contributed by atoms with van der Waals surface area (Å²) in [6.45, 7) is 2.02. The molecule has 5 atom stereocenters. The van der Waals surface area contributed by atoms with Gasteiger partial charge in [-0.2, -0.15) is 5.26 Å². The Morgan fingerprint density at radius 2 is 1.80 bits per heavy atom. The molecule has 3 fully saturated rings. The van der Waals surface area contributed by atoms with Crippen molar-refractivity contribution < 1.29 is 4.79 Å². The molecule has 0 heterocycles. The minimum Gasteiger partial charge on any atom is -0.298 e. The van der Waals surface area contributed by atoms with E-state index in [4.69, 9.17) is 0 Å². The van der Waals surface area contributed by atoms with Crippen molar-refractivity contribution in [2.75, 3.05) is 0 Å². The van der Waals surface area contributed by atoms with Crippen LogP contribution in [-0.4, -0.2) is 5.78 Å². The summed E-state index contributed by atoms with van der Waals surface area (Å²) in [4.78, 5) is 12.7. The summed E-state index contributed by atoms with van der Waals surface area (Å²) in [5.41, 5.74) is 2.04. The summed E-state index contributed by atoms with van der Waals surface area (Å²) in [5, 5.41) is 9.44. The van der Waals surface area contributed by atoms with Crippen LogP contribution >= 0.6 is 0 Å². The zero-order valence-electron chi connectivity index (χ0n) is 11.8. The van der Waals surface area contributed by atoms with Gasteiger partial charge in [0, 0.05) is 5.92 Å². The van der Waals surface area contributed by atoms with Crippen molar-refractivity contribution in [3.05, 3.63) is 35.4 Å². The Labute approximate surface area is 119 Å². The molecule has 0 spiro atoms. The van der Waals surface area contributed by atoms with Gasteiger partial charge in [0.1, 0.15) is 5.92 Å². The minimum atomic E-state index is -0.550. The third-order valence-electron chi connectivity index (χ3n) is 5.89. The van der Waals surface area contributed by atoms with E-state index >= 15 is 0 Å². The molecule has 3 aliphatic carbocycles. The van der Waals surface area contributed by atoms with Crippen LogP contribution in [0.15, 0.2) is 24.3 Å². The molecule has 0 aliphatic heterocycles. The van der Waals surface area contributed by atoms with E-state index < -0.39 is 5.92 Å². The maximum atomic E-state index is 12.7. The van der Waals surface area contributed by atoms with Crippen LogP contribution < -0.4 is 0 Å². The fourth-order valence-electron chi connectivity index (χ4n) is 4.96. The first-order chi connectivity index (χ1) is 9.70. The normalized spacial score (nSPS) is 38.1. The minimum absolute atomic E-state index is 0.197. The summed E-state index contributed by atoms with van der Waals surface area (Å²) in [5.74, 6) is 2.68. The molecule has 4 rings (SSSR count). The van der Waals surface area contributed by atoms with Crippen molar-refractivity contribution in [2.45, 2.75) is 32.1 Å². The number of carbonyl (C=O) groups excluding carboxylic acids is 1. The summed E-state index contributed by atoms with van der Waals surface area (Å²) in [6.07, 6.45) is 3.98. The highest BCUT2D eigenvalue weighted by molar-refractivity contribution is 5.93. The lowest BCUT2D eigenvalue weighted by Crippen LogP contribution is -2.17. The fourth-order valence-corrected chi connectivity index (χ4v) is 4.96. The van der Waals surface area contributed by atoms with E-state index in [-0.39, 0.29) is 11.7 Å². The van der Waals surface area contributed by atoms with E-state index in [1.54, 1.807) is 0 Å². The number of hydrogen-bond donors (Lipinski definition) is 0. The van der Waals surface area contributed by atoms with Gasteiger partial charge in [0.25, 0.3) is 0 Å². The Hall–Kier alpha value is -1.62. The molecule has 0 saturated heterocycles. The largest absolute Gasteiger partial charge is 0.298 e. The highest BCUT2D eigenvalue weighted by Gasteiger charge is 2.67. The zero-order chi connectivity index (χ0) is 13.9. The molecule has 3 saturated carbocycles. The standard InChI is InChI=1S/C18H19NO/c1-10-2-4-11(5-3-10)14(9-19)18(20)17-15-12-6-7-13(8-12)16(15)17/h2-5,12-17H,6-8H2,1H3. The monoisotopic (exact) mass is 265 g/mol. The number of hydrogen-bond acceptors (Lipinski definition) is 2. The molecule has 2 heteroatoms. The van der Waals surface area contributed by atoms with Crippen molar-refractivity contribution >= 4 is 5.78 Å². The van der Waals surface area contributed by atoms with Crippen molar-refractivity contribution in [3.63, 3.8) is 0 Å². The number of nitrogens with zero attached hydrogens (tertiary/aromatic N) is 1. The number of rotatable bonds is 3. The van der Waals surface area contributed by atoms with Gasteiger partial charge < -0.3 is 0 Å². The van der Waals surface area contributed by atoms with E-state index in [1.807, 2.05) is 31.2 Å². The van der Waals surface area contributed by atoms with Gasteiger partial charge in [-0.25, -0.2) is 0 Å². The first kappa shape index (κ1) is 12.1. The summed E-state index contributed by atoms with van der Waals surface area (Å²) >= 11 is 0. The average molecular weight is 265 g/mol. The lowest BCUT2D eigenvalue weighted by atomic mass is 9.89. The van der Waals surface area contributed by atoms with Crippen LogP contribution in [0.1, 0.15) is 36.3 Å². The Morgan fingerprint density at radius 3 is 2.35 bits per heavy atom. The molecule has 1 aromatic carbocycles. The number of carbonyl (C=O) groups is 1. The van der Waals surface area contributed by atoms with Crippen LogP contribution in [0.5, 0.6) is 0 Å². The van der Waals surface area contributed by atoms with Gasteiger partial charge in [0.15, 0.2) is 5.78 Å². The van der Waals surface area contributed by atoms with Crippen LogP contribution in [0.25, 0.3) is 0 Å². The van der Waals surface area contributed by atoms with E-state index in [2.05, 4.69) is 6.07 Å². The number of aryl methyl sites for hydroxylation is 1. The second kappa shape index (κ2) is 4.19. The molecule has 1 aromatic rings. The molecule has 0 N–H and O–H groups in total. The van der Waals surface area contributed by atoms with Crippen LogP contribution in [0.3, 0.4) is 0 Å². The van der Waals surface area contributed by atoms with E-state index in [9.17, 15) is 10.1 Å². The van der Waals surface area contributed by atoms with Gasteiger partial charge in [0.2, 0.25) is 0 Å². The summed E-state index contributed by atoms with van der Waals surface area (Å²) in [6, 6.07) is 10.1. The van der Waals surface area contributed by atoms with Crippen molar-refractivity contribution in [2.24, 2.45) is 29.6 Å². The molecule has 102 valence electrons. The number of ketones is 1. The highest BCUT2D eigenvalue weighted by Crippen LogP contribution is 2.70. The van der Waals surface area contributed by atoms with Gasteiger partial charge in [0.05, 0.1) is 6.07 Å². The molecular weight excluding hydrogens is 246 g/mol. The lowest BCUT2D eigenvalue weighted by Gasteiger charge is -2.12. The molecule has 0 amide bonds. The Morgan fingerprint density at radius 1 is 1.20 bits per heavy atom. The van der Waals surface area contributed by atoms with Gasteiger partial charge in [-0.15, -0.1) is 0 Å². The summed E-state index contributed by atoms with van der Waals surface area (Å²) < 4.78 is 0. The van der Waals surface area contributed by atoms with E-state index in [0.29, 0.717) is 11.8 Å². The van der Waals surface area contributed by atoms with Crippen LogP contribution in [0.4, 0.5) is 0 Å². The predicted octanol–water partition coefficient (Wildman–Crippen LogP) is 3.46. The lowest BCUT2D eigenvalue weighted by molar-refractivity contribution is -0.121. The third kappa shape index (κ3) is 1.59. The first-order valence-corrected chi connectivity index (χ1v) is 7.70. The number of fused-ring (bicyclic) bond motifs is 5. The second-order valence-electron chi connectivity index (χ2n) is 6.89. The molecule has 20 heavy (non-hydrogen) atoms. The van der Waals surface area contributed by atoms with Gasteiger partial charge >= 0.3 is 0 Å². The number of benzene rings is 1. The Bertz CT molecular complexity index is 581. The molecular formula is C18H19NO. The van der Waals surface area contributed by atoms with Crippen LogP contribution in [0, 0.1) is 47.8 Å². The molecule has 2 bridgehead atoms. The quantitative estimate of drug-likeness (QED) is 0.839. The molecule has 0 radical (unpaired) electrons. The average Bonchev–Trinajstić information content (AvgIpc) is 2.90. The molecule has 5 unspecified atom stereocenters. The van der Waals surface area contributed by atoms with E-state index in [1.165, 1.54) is 24.8 Å². The van der Waals surface area contributed by atoms with Crippen molar-refractivity contribution in [1.29, 1.82) is 5.26 Å². The van der Waals surface area contributed by atoms with Crippen LogP contribution in [0.2, 0.25) is 0 Å². The van der Waals surface area contributed by atoms with Gasteiger partial charge in [-0.3, -0.25) is 4.79 Å². The highest BCUT2D eigenvalue weighted by atomic mass is 16.1. The predicted molar refractivity (Wildman–Crippen MR) is 75.8 cm³/mol. The maximum Gasteiger partial charge on any atom is 0.158 e. The smallest absolute Gasteiger partial charge is 0.158 e. The first-order valence-electron chi connectivity index (χ1n) is 7.70. The Kier molecular flexibility index (Phi) is 2.54. The Balaban J connectivity index is 1.56. The number of Topliss-reactive ketones (excluding diaryl/α,β-unsaturated/α-hetero) is 1. The zero-order valence-corrected chi connectivity index (χ0v) is 11.8. The van der Waals surface area contributed by atoms with Gasteiger partial charge in [-0.05, 0) is 55.4 Å². The van der Waals surface area contributed by atoms with Crippen molar-refractivity contribution in [3.8, 4) is 6.07 Å². The molecule has 2 nitrogen and oxygen atoms in total. The topological polar surface area (TPSA) is 40.9 Å². The third-order valence-corrected chi connectivity index (χ3v) is 5.89. The summed E-state index contributed by atoms with van der Waals surface area (Å²) in [7, 11) is 0. The van der Waals surface area contributed by atoms with Crippen LogP contribution in [-0.2, 0) is 4.79 Å². The van der Waals surface area contributed by atoms with E-state index in [0.717, 1.165) is 17.4 Å². The molecule has 0 aromatic heterocycles. The SMILES string of the molecule is Cc1ccc(C(C#N)C(=O)C2C3C4CCC(C4)C23)cc1. The second-order valence-corrected chi connectivity index (χ2v) is 6.89. The van der Waals surface area contributed by atoms with Crippen molar-refractivity contribution in [1.82, 2.24) is 0 Å². The fraction of sp³-hybridized carbons (Fsp3) is 0.556. The van der Waals surface area contributed by atoms with Gasteiger partial charge in [-0.1, -0.05) is 29.8 Å². The maximum absolute atomic E-state index is 12.7. The molecule has 3 aliphatic rings. The number of nitriles is 1.